The Morgan fingerprint density at radius 1 is 1.21 bits per heavy atom. The molecule has 1 aromatic carbocycles. The predicted octanol–water partition coefficient (Wildman–Crippen LogP) is 2.26. The number of hydrogen-bond acceptors (Lipinski definition) is 5. The van der Waals surface area contributed by atoms with E-state index in [4.69, 9.17) is 4.74 Å². The van der Waals surface area contributed by atoms with E-state index >= 15 is 0 Å². The van der Waals surface area contributed by atoms with Crippen LogP contribution in [0.4, 0.5) is 5.82 Å². The lowest BCUT2D eigenvalue weighted by Gasteiger charge is -2.10. The number of ether oxygens (including phenoxy) is 1. The van der Waals surface area contributed by atoms with Gasteiger partial charge in [-0.25, -0.2) is 8.42 Å². The Balaban J connectivity index is 2.17. The van der Waals surface area contributed by atoms with Crippen LogP contribution in [0.15, 0.2) is 46.0 Å². The van der Waals surface area contributed by atoms with Crippen LogP contribution < -0.4 is 9.46 Å². The van der Waals surface area contributed by atoms with Crippen LogP contribution in [0.1, 0.15) is 13.8 Å². The molecule has 1 aromatic heterocycles. The van der Waals surface area contributed by atoms with Crippen molar-refractivity contribution in [3.05, 3.63) is 36.6 Å². The van der Waals surface area contributed by atoms with Crippen LogP contribution in [-0.2, 0) is 10.0 Å². The average molecular weight is 282 g/mol. The van der Waals surface area contributed by atoms with Crippen molar-refractivity contribution in [1.82, 2.24) is 5.16 Å². The monoisotopic (exact) mass is 282 g/mol. The summed E-state index contributed by atoms with van der Waals surface area (Å²) in [5.41, 5.74) is 0. The Bertz CT molecular complexity index is 618. The van der Waals surface area contributed by atoms with E-state index in [1.54, 1.807) is 12.1 Å². The molecule has 0 fully saturated rings. The number of benzene rings is 1. The molecule has 0 aliphatic rings. The summed E-state index contributed by atoms with van der Waals surface area (Å²) in [6.07, 6.45) is 1.33. The van der Waals surface area contributed by atoms with Crippen molar-refractivity contribution in [2.45, 2.75) is 24.8 Å². The molecule has 0 amide bonds. The Morgan fingerprint density at radius 3 is 2.42 bits per heavy atom. The first kappa shape index (κ1) is 13.4. The van der Waals surface area contributed by atoms with E-state index in [0.717, 1.165) is 0 Å². The highest BCUT2D eigenvalue weighted by Crippen LogP contribution is 2.19. The third kappa shape index (κ3) is 3.47. The maximum Gasteiger partial charge on any atom is 0.263 e. The molecule has 0 atom stereocenters. The maximum atomic E-state index is 12.0. The summed E-state index contributed by atoms with van der Waals surface area (Å²) in [5.74, 6) is 0.762. The lowest BCUT2D eigenvalue weighted by molar-refractivity contribution is 0.242. The van der Waals surface area contributed by atoms with E-state index in [1.807, 2.05) is 13.8 Å². The number of anilines is 1. The van der Waals surface area contributed by atoms with Gasteiger partial charge in [-0.2, -0.15) is 0 Å². The van der Waals surface area contributed by atoms with E-state index in [0.29, 0.717) is 5.75 Å². The highest BCUT2D eigenvalue weighted by atomic mass is 32.2. The predicted molar refractivity (Wildman–Crippen MR) is 69.5 cm³/mol. The largest absolute Gasteiger partial charge is 0.491 e. The van der Waals surface area contributed by atoms with Gasteiger partial charge in [0.2, 0.25) is 0 Å². The third-order valence-electron chi connectivity index (χ3n) is 2.18. The summed E-state index contributed by atoms with van der Waals surface area (Å²) in [5, 5.41) is 3.49. The molecule has 0 aliphatic heterocycles. The van der Waals surface area contributed by atoms with Crippen LogP contribution in [0, 0.1) is 0 Å². The standard InChI is InChI=1S/C12H14N2O4S/c1-9(2)18-10-3-5-11(6-4-10)19(15,16)14-12-7-8-17-13-12/h3-9H,1-2H3,(H,13,14). The van der Waals surface area contributed by atoms with Gasteiger partial charge in [0, 0.05) is 6.07 Å². The molecule has 0 saturated carbocycles. The average Bonchev–Trinajstić information content (AvgIpc) is 2.81. The molecule has 0 unspecified atom stereocenters. The first-order valence-electron chi connectivity index (χ1n) is 5.67. The summed E-state index contributed by atoms with van der Waals surface area (Å²) in [6.45, 7) is 3.80. The van der Waals surface area contributed by atoms with E-state index in [-0.39, 0.29) is 16.8 Å². The van der Waals surface area contributed by atoms with Crippen molar-refractivity contribution in [2.24, 2.45) is 0 Å². The van der Waals surface area contributed by atoms with Gasteiger partial charge in [-0.05, 0) is 38.1 Å². The van der Waals surface area contributed by atoms with Crippen LogP contribution in [0.5, 0.6) is 5.75 Å². The van der Waals surface area contributed by atoms with E-state index in [9.17, 15) is 8.42 Å². The summed E-state index contributed by atoms with van der Waals surface area (Å²) in [4.78, 5) is 0.131. The van der Waals surface area contributed by atoms with Crippen LogP contribution in [0.25, 0.3) is 0 Å². The number of nitrogens with one attached hydrogen (secondary N) is 1. The molecule has 2 aromatic rings. The minimum atomic E-state index is -3.66. The fraction of sp³-hybridized carbons (Fsp3) is 0.250. The van der Waals surface area contributed by atoms with Gasteiger partial charge in [-0.3, -0.25) is 4.72 Å². The Kier molecular flexibility index (Phi) is 3.75. The van der Waals surface area contributed by atoms with Crippen molar-refractivity contribution in [2.75, 3.05) is 4.72 Å². The lowest BCUT2D eigenvalue weighted by atomic mass is 10.3. The van der Waals surface area contributed by atoms with Gasteiger partial charge in [0.1, 0.15) is 12.0 Å². The summed E-state index contributed by atoms with van der Waals surface area (Å²) < 4.78 is 36.3. The smallest absolute Gasteiger partial charge is 0.263 e. The molecular formula is C12H14N2O4S. The van der Waals surface area contributed by atoms with E-state index in [1.165, 1.54) is 24.5 Å². The normalized spacial score (nSPS) is 11.5. The van der Waals surface area contributed by atoms with Gasteiger partial charge in [0.05, 0.1) is 11.0 Å². The molecule has 19 heavy (non-hydrogen) atoms. The minimum Gasteiger partial charge on any atom is -0.491 e. The van der Waals surface area contributed by atoms with Crippen LogP contribution in [0.3, 0.4) is 0 Å². The second-order valence-corrected chi connectivity index (χ2v) is 5.81. The molecule has 102 valence electrons. The van der Waals surface area contributed by atoms with Gasteiger partial charge < -0.3 is 9.26 Å². The number of hydrogen-bond donors (Lipinski definition) is 1. The second kappa shape index (κ2) is 5.31. The van der Waals surface area contributed by atoms with Crippen molar-refractivity contribution < 1.29 is 17.7 Å². The topological polar surface area (TPSA) is 81.4 Å². The van der Waals surface area contributed by atoms with Gasteiger partial charge in [-0.15, -0.1) is 0 Å². The molecule has 0 bridgehead atoms. The zero-order valence-corrected chi connectivity index (χ0v) is 11.3. The lowest BCUT2D eigenvalue weighted by Crippen LogP contribution is -2.13. The molecule has 0 aliphatic carbocycles. The molecule has 1 heterocycles. The first-order valence-corrected chi connectivity index (χ1v) is 7.15. The zero-order chi connectivity index (χ0) is 13.9. The molecule has 0 saturated heterocycles. The van der Waals surface area contributed by atoms with Crippen molar-refractivity contribution in [3.8, 4) is 5.75 Å². The second-order valence-electron chi connectivity index (χ2n) is 4.13. The number of sulfonamides is 1. The zero-order valence-electron chi connectivity index (χ0n) is 10.5. The molecule has 0 spiro atoms. The maximum absolute atomic E-state index is 12.0. The van der Waals surface area contributed by atoms with Gasteiger partial charge in [-0.1, -0.05) is 5.16 Å². The molecular weight excluding hydrogens is 268 g/mol. The van der Waals surface area contributed by atoms with Gasteiger partial charge >= 0.3 is 0 Å². The van der Waals surface area contributed by atoms with E-state index in [2.05, 4.69) is 14.4 Å². The SMILES string of the molecule is CC(C)Oc1ccc(S(=O)(=O)Nc2ccon2)cc1. The molecule has 0 radical (unpaired) electrons. The fourth-order valence-electron chi connectivity index (χ4n) is 1.43. The number of rotatable bonds is 5. The van der Waals surface area contributed by atoms with Gasteiger partial charge in [0.15, 0.2) is 5.82 Å². The van der Waals surface area contributed by atoms with E-state index < -0.39 is 10.0 Å². The summed E-state index contributed by atoms with van der Waals surface area (Å²) in [7, 11) is -3.66. The van der Waals surface area contributed by atoms with Crippen LogP contribution >= 0.6 is 0 Å². The quantitative estimate of drug-likeness (QED) is 0.909. The van der Waals surface area contributed by atoms with Gasteiger partial charge in [0.25, 0.3) is 10.0 Å². The molecule has 6 nitrogen and oxygen atoms in total. The van der Waals surface area contributed by atoms with Crippen molar-refractivity contribution in [1.29, 1.82) is 0 Å². The Morgan fingerprint density at radius 2 is 1.89 bits per heavy atom. The number of nitrogens with zero attached hydrogens (tertiary/aromatic N) is 1. The van der Waals surface area contributed by atoms with Crippen molar-refractivity contribution in [3.63, 3.8) is 0 Å². The highest BCUT2D eigenvalue weighted by Gasteiger charge is 2.15. The third-order valence-corrected chi connectivity index (χ3v) is 3.55. The minimum absolute atomic E-state index is 0.0377. The molecule has 7 heteroatoms. The van der Waals surface area contributed by atoms with Crippen molar-refractivity contribution >= 4 is 15.8 Å². The van der Waals surface area contributed by atoms with Crippen LogP contribution in [0.2, 0.25) is 0 Å². The fourth-order valence-corrected chi connectivity index (χ4v) is 2.42. The highest BCUT2D eigenvalue weighted by molar-refractivity contribution is 7.92. The van der Waals surface area contributed by atoms with Crippen LogP contribution in [-0.4, -0.2) is 19.7 Å². The Hall–Kier alpha value is -2.02. The number of aromatic nitrogens is 1. The first-order chi connectivity index (χ1) is 8.97. The molecule has 2 rings (SSSR count). The Labute approximate surface area is 111 Å². The summed E-state index contributed by atoms with van der Waals surface area (Å²) in [6, 6.07) is 7.59. The summed E-state index contributed by atoms with van der Waals surface area (Å²) >= 11 is 0. The molecule has 1 N–H and O–H groups in total.